The van der Waals surface area contributed by atoms with Crippen molar-refractivity contribution in [3.63, 3.8) is 0 Å². The van der Waals surface area contributed by atoms with Gasteiger partial charge in [0.25, 0.3) is 0 Å². The molecular formula is C18H28N2O. The van der Waals surface area contributed by atoms with E-state index in [1.165, 1.54) is 36.9 Å². The molecule has 2 rings (SSSR count). The molecule has 0 saturated heterocycles. The summed E-state index contributed by atoms with van der Waals surface area (Å²) in [6.45, 7) is 2.81. The Balaban J connectivity index is 1.74. The predicted octanol–water partition coefficient (Wildman–Crippen LogP) is 3.24. The van der Waals surface area contributed by atoms with Gasteiger partial charge in [-0.1, -0.05) is 31.9 Å². The summed E-state index contributed by atoms with van der Waals surface area (Å²) in [4.78, 5) is 14.2. The number of carbonyl (C=O) groups excluding carboxylic acids is 1. The first-order valence-corrected chi connectivity index (χ1v) is 8.12. The number of anilines is 1. The number of hydrogen-bond donors (Lipinski definition) is 1. The number of carbonyl (C=O) groups is 1. The molecule has 1 aromatic rings. The molecule has 0 radical (unpaired) electrons. The van der Waals surface area contributed by atoms with Gasteiger partial charge in [-0.25, -0.2) is 0 Å². The first kappa shape index (κ1) is 15.9. The van der Waals surface area contributed by atoms with E-state index in [0.29, 0.717) is 5.92 Å². The molecule has 1 aliphatic carbocycles. The van der Waals surface area contributed by atoms with Crippen LogP contribution < -0.4 is 10.2 Å². The monoisotopic (exact) mass is 288 g/mol. The van der Waals surface area contributed by atoms with Gasteiger partial charge in [-0.3, -0.25) is 4.79 Å². The van der Waals surface area contributed by atoms with E-state index in [1.807, 2.05) is 14.1 Å². The zero-order valence-electron chi connectivity index (χ0n) is 13.6. The van der Waals surface area contributed by atoms with Crippen molar-refractivity contribution >= 4 is 11.6 Å². The zero-order valence-corrected chi connectivity index (χ0v) is 13.6. The average Bonchev–Trinajstić information content (AvgIpc) is 3.01. The highest BCUT2D eigenvalue weighted by atomic mass is 16.1. The van der Waals surface area contributed by atoms with Crippen LogP contribution in [0.1, 0.15) is 38.2 Å². The Morgan fingerprint density at radius 2 is 1.86 bits per heavy atom. The molecule has 1 N–H and O–H groups in total. The van der Waals surface area contributed by atoms with Crippen molar-refractivity contribution in [2.24, 2.45) is 11.8 Å². The Morgan fingerprint density at radius 1 is 1.24 bits per heavy atom. The van der Waals surface area contributed by atoms with Crippen LogP contribution in [-0.4, -0.2) is 26.5 Å². The van der Waals surface area contributed by atoms with Gasteiger partial charge in [-0.15, -0.1) is 0 Å². The van der Waals surface area contributed by atoms with Crippen molar-refractivity contribution in [3.05, 3.63) is 29.8 Å². The minimum absolute atomic E-state index is 0.170. The zero-order chi connectivity index (χ0) is 15.2. The Bertz CT molecular complexity index is 447. The second-order valence-corrected chi connectivity index (χ2v) is 6.44. The highest BCUT2D eigenvalue weighted by molar-refractivity contribution is 5.78. The minimum Gasteiger partial charge on any atom is -0.378 e. The molecule has 1 saturated carbocycles. The van der Waals surface area contributed by atoms with E-state index >= 15 is 0 Å². The molecule has 1 aliphatic rings. The van der Waals surface area contributed by atoms with E-state index in [2.05, 4.69) is 41.4 Å². The number of nitrogens with zero attached hydrogens (tertiary/aromatic N) is 1. The predicted molar refractivity (Wildman–Crippen MR) is 88.6 cm³/mol. The van der Waals surface area contributed by atoms with Gasteiger partial charge in [0.15, 0.2) is 0 Å². The molecule has 0 heterocycles. The Hall–Kier alpha value is -1.51. The molecule has 1 unspecified atom stereocenters. The van der Waals surface area contributed by atoms with Gasteiger partial charge in [0, 0.05) is 32.2 Å². The molecule has 0 aliphatic heterocycles. The number of amides is 1. The number of rotatable bonds is 6. The Labute approximate surface area is 128 Å². The highest BCUT2D eigenvalue weighted by Crippen LogP contribution is 2.31. The van der Waals surface area contributed by atoms with E-state index in [-0.39, 0.29) is 11.8 Å². The largest absolute Gasteiger partial charge is 0.378 e. The summed E-state index contributed by atoms with van der Waals surface area (Å²) in [7, 11) is 4.08. The molecule has 1 aromatic carbocycles. The maximum Gasteiger partial charge on any atom is 0.223 e. The van der Waals surface area contributed by atoms with Crippen LogP contribution in [0.5, 0.6) is 0 Å². The summed E-state index contributed by atoms with van der Waals surface area (Å²) >= 11 is 0. The van der Waals surface area contributed by atoms with E-state index in [0.717, 1.165) is 13.0 Å². The van der Waals surface area contributed by atoms with Crippen LogP contribution in [0.4, 0.5) is 5.69 Å². The van der Waals surface area contributed by atoms with E-state index < -0.39 is 0 Å². The van der Waals surface area contributed by atoms with Gasteiger partial charge in [-0.2, -0.15) is 0 Å². The number of hydrogen-bond acceptors (Lipinski definition) is 2. The third-order valence-electron chi connectivity index (χ3n) is 4.69. The molecule has 0 spiro atoms. The molecule has 0 bridgehead atoms. The summed E-state index contributed by atoms with van der Waals surface area (Å²) in [5, 5.41) is 3.10. The van der Waals surface area contributed by atoms with Crippen LogP contribution in [0.25, 0.3) is 0 Å². The molecule has 3 nitrogen and oxygen atoms in total. The molecule has 116 valence electrons. The summed E-state index contributed by atoms with van der Waals surface area (Å²) in [5.41, 5.74) is 2.48. The van der Waals surface area contributed by atoms with Gasteiger partial charge >= 0.3 is 0 Å². The molecular weight excluding hydrogens is 260 g/mol. The molecule has 1 amide bonds. The standard InChI is InChI=1S/C18H28N2O/c1-14(16-6-4-5-7-16)18(21)19-13-12-15-8-10-17(11-9-15)20(2)3/h8-11,14,16H,4-7,12-13H2,1-3H3,(H,19,21). The highest BCUT2D eigenvalue weighted by Gasteiger charge is 2.26. The molecule has 21 heavy (non-hydrogen) atoms. The van der Waals surface area contributed by atoms with Crippen LogP contribution in [-0.2, 0) is 11.2 Å². The molecule has 1 atom stereocenters. The summed E-state index contributed by atoms with van der Waals surface area (Å²) in [6.07, 6.45) is 5.93. The fraction of sp³-hybridized carbons (Fsp3) is 0.611. The third-order valence-corrected chi connectivity index (χ3v) is 4.69. The van der Waals surface area contributed by atoms with Crippen molar-refractivity contribution in [2.75, 3.05) is 25.5 Å². The lowest BCUT2D eigenvalue weighted by Crippen LogP contribution is -2.33. The lowest BCUT2D eigenvalue weighted by atomic mass is 9.92. The van der Waals surface area contributed by atoms with Crippen molar-refractivity contribution in [2.45, 2.75) is 39.0 Å². The lowest BCUT2D eigenvalue weighted by molar-refractivity contribution is -0.125. The SMILES string of the molecule is CC(C(=O)NCCc1ccc(N(C)C)cc1)C1CCCC1. The number of nitrogens with one attached hydrogen (secondary N) is 1. The van der Waals surface area contributed by atoms with E-state index in [1.54, 1.807) is 0 Å². The van der Waals surface area contributed by atoms with Gasteiger partial charge in [0.05, 0.1) is 0 Å². The average molecular weight is 288 g/mol. The Morgan fingerprint density at radius 3 is 2.43 bits per heavy atom. The Kier molecular flexibility index (Phi) is 5.66. The molecule has 1 fully saturated rings. The maximum absolute atomic E-state index is 12.1. The van der Waals surface area contributed by atoms with Crippen molar-refractivity contribution < 1.29 is 4.79 Å². The van der Waals surface area contributed by atoms with Gasteiger partial charge in [0.2, 0.25) is 5.91 Å². The van der Waals surface area contributed by atoms with E-state index in [9.17, 15) is 4.79 Å². The first-order valence-electron chi connectivity index (χ1n) is 8.12. The summed E-state index contributed by atoms with van der Waals surface area (Å²) < 4.78 is 0. The van der Waals surface area contributed by atoms with E-state index in [4.69, 9.17) is 0 Å². The normalized spacial score (nSPS) is 16.7. The number of benzene rings is 1. The second kappa shape index (κ2) is 7.48. The third kappa shape index (κ3) is 4.48. The van der Waals surface area contributed by atoms with Crippen LogP contribution in [0.3, 0.4) is 0 Å². The quantitative estimate of drug-likeness (QED) is 0.871. The van der Waals surface area contributed by atoms with Crippen LogP contribution in [0.2, 0.25) is 0 Å². The fourth-order valence-corrected chi connectivity index (χ4v) is 3.12. The summed E-state index contributed by atoms with van der Waals surface area (Å²) in [6, 6.07) is 8.53. The van der Waals surface area contributed by atoms with Crippen LogP contribution in [0.15, 0.2) is 24.3 Å². The lowest BCUT2D eigenvalue weighted by Gasteiger charge is -2.18. The molecule has 0 aromatic heterocycles. The van der Waals surface area contributed by atoms with Gasteiger partial charge in [-0.05, 0) is 42.9 Å². The van der Waals surface area contributed by atoms with Crippen LogP contribution in [0, 0.1) is 11.8 Å². The molecule has 3 heteroatoms. The smallest absolute Gasteiger partial charge is 0.223 e. The maximum atomic E-state index is 12.1. The van der Waals surface area contributed by atoms with Crippen molar-refractivity contribution in [3.8, 4) is 0 Å². The fourth-order valence-electron chi connectivity index (χ4n) is 3.12. The first-order chi connectivity index (χ1) is 10.1. The summed E-state index contributed by atoms with van der Waals surface area (Å²) in [5.74, 6) is 1.000. The van der Waals surface area contributed by atoms with Crippen molar-refractivity contribution in [1.29, 1.82) is 0 Å². The topological polar surface area (TPSA) is 32.3 Å². The van der Waals surface area contributed by atoms with Crippen LogP contribution >= 0.6 is 0 Å². The van der Waals surface area contributed by atoms with Crippen molar-refractivity contribution in [1.82, 2.24) is 5.32 Å². The van der Waals surface area contributed by atoms with Gasteiger partial charge in [0.1, 0.15) is 0 Å². The van der Waals surface area contributed by atoms with Gasteiger partial charge < -0.3 is 10.2 Å². The minimum atomic E-state index is 0.170. The second-order valence-electron chi connectivity index (χ2n) is 6.44.